The van der Waals surface area contributed by atoms with Crippen molar-refractivity contribution in [1.82, 2.24) is 4.31 Å². The van der Waals surface area contributed by atoms with Gasteiger partial charge in [-0.1, -0.05) is 13.8 Å². The van der Waals surface area contributed by atoms with E-state index < -0.39 is 10.0 Å². The highest BCUT2D eigenvalue weighted by atomic mass is 32.2. The molecule has 0 aromatic heterocycles. The number of piperidine rings is 1. The van der Waals surface area contributed by atoms with Crippen LogP contribution in [0.25, 0.3) is 0 Å². The monoisotopic (exact) mass is 309 g/mol. The Kier molecular flexibility index (Phi) is 7.14. The van der Waals surface area contributed by atoms with Gasteiger partial charge < -0.3 is 5.11 Å². The van der Waals surface area contributed by atoms with Crippen molar-refractivity contribution in [2.75, 3.05) is 25.1 Å². The van der Waals surface area contributed by atoms with E-state index in [2.05, 4.69) is 13.8 Å². The summed E-state index contributed by atoms with van der Waals surface area (Å²) >= 11 is 1.80. The molecule has 0 aliphatic carbocycles. The first kappa shape index (κ1) is 17.3. The average molecular weight is 309 g/mol. The van der Waals surface area contributed by atoms with Crippen molar-refractivity contribution in [2.45, 2.75) is 50.9 Å². The quantitative estimate of drug-likeness (QED) is 0.781. The summed E-state index contributed by atoms with van der Waals surface area (Å²) in [4.78, 5) is 0. The summed E-state index contributed by atoms with van der Waals surface area (Å²) in [5.41, 5.74) is 0. The molecule has 6 heteroatoms. The van der Waals surface area contributed by atoms with Crippen molar-refractivity contribution < 1.29 is 13.5 Å². The molecule has 1 aliphatic rings. The number of nitrogens with zero attached hydrogens (tertiary/aromatic N) is 1. The zero-order valence-electron chi connectivity index (χ0n) is 12.2. The molecule has 19 heavy (non-hydrogen) atoms. The molecular formula is C13H27NO3S2. The summed E-state index contributed by atoms with van der Waals surface area (Å²) in [5.74, 6) is 1.06. The van der Waals surface area contributed by atoms with Gasteiger partial charge >= 0.3 is 0 Å². The van der Waals surface area contributed by atoms with Crippen LogP contribution in [0.4, 0.5) is 0 Å². The second kappa shape index (κ2) is 7.86. The Hall–Kier alpha value is 0.220. The Morgan fingerprint density at radius 3 is 2.74 bits per heavy atom. The van der Waals surface area contributed by atoms with E-state index in [-0.39, 0.29) is 6.10 Å². The van der Waals surface area contributed by atoms with Gasteiger partial charge in [-0.2, -0.15) is 11.8 Å². The summed E-state index contributed by atoms with van der Waals surface area (Å²) in [7, 11) is -3.08. The van der Waals surface area contributed by atoms with Crippen molar-refractivity contribution in [3.05, 3.63) is 0 Å². The number of rotatable bonds is 7. The molecule has 1 fully saturated rings. The molecule has 1 heterocycles. The molecule has 1 N–H and O–H groups in total. The van der Waals surface area contributed by atoms with Crippen LogP contribution < -0.4 is 0 Å². The molecule has 114 valence electrons. The summed E-state index contributed by atoms with van der Waals surface area (Å²) in [6, 6.07) is 0. The lowest BCUT2D eigenvalue weighted by molar-refractivity contribution is 0.140. The first-order valence-electron chi connectivity index (χ1n) is 7.07. The molecular weight excluding hydrogens is 282 g/mol. The second-order valence-electron chi connectivity index (χ2n) is 5.57. The van der Waals surface area contributed by atoms with Crippen LogP contribution in [0.1, 0.15) is 39.5 Å². The van der Waals surface area contributed by atoms with Crippen LogP contribution in [0.3, 0.4) is 0 Å². The van der Waals surface area contributed by atoms with Crippen molar-refractivity contribution >= 4 is 21.8 Å². The highest BCUT2D eigenvalue weighted by Crippen LogP contribution is 2.24. The van der Waals surface area contributed by atoms with Gasteiger partial charge in [-0.05, 0) is 31.6 Å². The molecule has 0 spiro atoms. The minimum atomic E-state index is -3.08. The average Bonchev–Trinajstić information content (AvgIpc) is 2.35. The highest BCUT2D eigenvalue weighted by molar-refractivity contribution is 7.99. The van der Waals surface area contributed by atoms with Crippen molar-refractivity contribution in [3.63, 3.8) is 0 Å². The van der Waals surface area contributed by atoms with Crippen LogP contribution in [-0.2, 0) is 10.0 Å². The molecule has 0 aromatic carbocycles. The Bertz CT molecular complexity index is 359. The Morgan fingerprint density at radius 2 is 2.16 bits per heavy atom. The Labute approximate surface area is 122 Å². The fraction of sp³-hybridized carbons (Fsp3) is 1.00. The second-order valence-corrected chi connectivity index (χ2v) is 9.02. The maximum atomic E-state index is 11.5. The van der Waals surface area contributed by atoms with Gasteiger partial charge in [0, 0.05) is 24.1 Å². The lowest BCUT2D eigenvalue weighted by Gasteiger charge is -2.32. The van der Waals surface area contributed by atoms with Crippen molar-refractivity contribution in [3.8, 4) is 0 Å². The van der Waals surface area contributed by atoms with E-state index in [0.29, 0.717) is 24.3 Å². The molecule has 0 bridgehead atoms. The topological polar surface area (TPSA) is 57.6 Å². The molecule has 0 saturated carbocycles. The maximum Gasteiger partial charge on any atom is 0.211 e. The van der Waals surface area contributed by atoms with Crippen molar-refractivity contribution in [1.29, 1.82) is 0 Å². The zero-order valence-corrected chi connectivity index (χ0v) is 13.8. The molecule has 3 unspecified atom stereocenters. The predicted molar refractivity (Wildman–Crippen MR) is 82.0 cm³/mol. The highest BCUT2D eigenvalue weighted by Gasteiger charge is 2.27. The third kappa shape index (κ3) is 6.47. The van der Waals surface area contributed by atoms with Crippen LogP contribution in [-0.4, -0.2) is 54.3 Å². The molecule has 0 aromatic rings. The number of hydrogen-bond donors (Lipinski definition) is 1. The SMILES string of the molecule is CCC(C)SCC(O)CC1CCCN(S(C)(=O)=O)C1. The van der Waals surface area contributed by atoms with E-state index in [4.69, 9.17) is 0 Å². The van der Waals surface area contributed by atoms with Gasteiger partial charge in [-0.25, -0.2) is 12.7 Å². The number of sulfonamides is 1. The fourth-order valence-electron chi connectivity index (χ4n) is 2.37. The first-order valence-corrected chi connectivity index (χ1v) is 9.97. The Balaban J connectivity index is 2.36. The smallest absolute Gasteiger partial charge is 0.211 e. The Morgan fingerprint density at radius 1 is 1.47 bits per heavy atom. The lowest BCUT2D eigenvalue weighted by atomic mass is 9.94. The molecule has 1 rings (SSSR count). The fourth-order valence-corrected chi connectivity index (χ4v) is 4.23. The minimum Gasteiger partial charge on any atom is -0.392 e. The van der Waals surface area contributed by atoms with Gasteiger partial charge in [0.05, 0.1) is 12.4 Å². The van der Waals surface area contributed by atoms with Gasteiger partial charge in [0.2, 0.25) is 10.0 Å². The third-order valence-corrected chi connectivity index (χ3v) is 6.45. The van der Waals surface area contributed by atoms with E-state index in [9.17, 15) is 13.5 Å². The number of thioether (sulfide) groups is 1. The van der Waals surface area contributed by atoms with E-state index in [1.54, 1.807) is 16.1 Å². The summed E-state index contributed by atoms with van der Waals surface area (Å²) in [5, 5.41) is 10.6. The largest absolute Gasteiger partial charge is 0.392 e. The van der Waals surface area contributed by atoms with E-state index in [1.165, 1.54) is 6.26 Å². The zero-order chi connectivity index (χ0) is 14.5. The summed E-state index contributed by atoms with van der Waals surface area (Å²) in [6.07, 6.45) is 4.71. The lowest BCUT2D eigenvalue weighted by Crippen LogP contribution is -2.40. The molecule has 3 atom stereocenters. The molecule has 0 amide bonds. The van der Waals surface area contributed by atoms with Crippen LogP contribution >= 0.6 is 11.8 Å². The van der Waals surface area contributed by atoms with Crippen LogP contribution in [0.5, 0.6) is 0 Å². The number of aliphatic hydroxyl groups is 1. The number of aliphatic hydroxyl groups excluding tert-OH is 1. The normalized spacial score (nSPS) is 25.2. The van der Waals surface area contributed by atoms with E-state index in [0.717, 1.165) is 31.4 Å². The standard InChI is InChI=1S/C13H27NO3S2/c1-4-11(2)18-10-13(15)8-12-6-5-7-14(9-12)19(3,16)17/h11-13,15H,4-10H2,1-3H3. The van der Waals surface area contributed by atoms with E-state index >= 15 is 0 Å². The maximum absolute atomic E-state index is 11.5. The summed E-state index contributed by atoms with van der Waals surface area (Å²) < 4.78 is 24.6. The van der Waals surface area contributed by atoms with Gasteiger partial charge in [0.15, 0.2) is 0 Å². The summed E-state index contributed by atoms with van der Waals surface area (Å²) in [6.45, 7) is 5.52. The minimum absolute atomic E-state index is 0.302. The predicted octanol–water partition coefficient (Wildman–Crippen LogP) is 1.94. The van der Waals surface area contributed by atoms with Gasteiger partial charge in [0.1, 0.15) is 0 Å². The molecule has 4 nitrogen and oxygen atoms in total. The van der Waals surface area contributed by atoms with Gasteiger partial charge in [-0.3, -0.25) is 0 Å². The molecule has 0 radical (unpaired) electrons. The van der Waals surface area contributed by atoms with Crippen LogP contribution in [0, 0.1) is 5.92 Å². The van der Waals surface area contributed by atoms with E-state index in [1.807, 2.05) is 0 Å². The first-order chi connectivity index (χ1) is 8.82. The number of hydrogen-bond acceptors (Lipinski definition) is 4. The van der Waals surface area contributed by atoms with Gasteiger partial charge in [-0.15, -0.1) is 0 Å². The third-order valence-electron chi connectivity index (χ3n) is 3.70. The molecule has 1 saturated heterocycles. The van der Waals surface area contributed by atoms with Crippen LogP contribution in [0.15, 0.2) is 0 Å². The van der Waals surface area contributed by atoms with Gasteiger partial charge in [0.25, 0.3) is 0 Å². The van der Waals surface area contributed by atoms with Crippen molar-refractivity contribution in [2.24, 2.45) is 5.92 Å². The van der Waals surface area contributed by atoms with Crippen LogP contribution in [0.2, 0.25) is 0 Å². The molecule has 1 aliphatic heterocycles.